The van der Waals surface area contributed by atoms with Crippen LogP contribution in [-0.2, 0) is 28.1 Å². The SMILES string of the molecule is CCCCCCCCCCc1ccc(F)cc1F.[Ti]. The van der Waals surface area contributed by atoms with Crippen molar-refractivity contribution in [2.75, 3.05) is 0 Å². The largest absolute Gasteiger partial charge is 0.207 e. The van der Waals surface area contributed by atoms with Gasteiger partial charge in [0.15, 0.2) is 0 Å². The molecule has 0 N–H and O–H groups in total. The van der Waals surface area contributed by atoms with Gasteiger partial charge in [0.1, 0.15) is 11.6 Å². The summed E-state index contributed by atoms with van der Waals surface area (Å²) in [4.78, 5) is 0. The first-order valence-electron chi connectivity index (χ1n) is 7.18. The molecule has 1 rings (SSSR count). The number of halogens is 2. The summed E-state index contributed by atoms with van der Waals surface area (Å²) in [6.07, 6.45) is 10.6. The molecule has 0 aliphatic rings. The number of aryl methyl sites for hydroxylation is 1. The molecule has 0 nitrogen and oxygen atoms in total. The van der Waals surface area contributed by atoms with E-state index in [9.17, 15) is 8.78 Å². The van der Waals surface area contributed by atoms with Crippen LogP contribution in [0, 0.1) is 11.6 Å². The van der Waals surface area contributed by atoms with Gasteiger partial charge in [0.25, 0.3) is 0 Å². The summed E-state index contributed by atoms with van der Waals surface area (Å²) in [5.74, 6) is -0.898. The molecule has 3 heteroatoms. The average Bonchev–Trinajstić information content (AvgIpc) is 2.35. The summed E-state index contributed by atoms with van der Waals surface area (Å²) in [6, 6.07) is 3.87. The molecule has 0 spiro atoms. The zero-order valence-corrected chi connectivity index (χ0v) is 13.4. The van der Waals surface area contributed by atoms with Crippen molar-refractivity contribution in [3.05, 3.63) is 35.4 Å². The quantitative estimate of drug-likeness (QED) is 0.409. The van der Waals surface area contributed by atoms with Crippen molar-refractivity contribution in [2.24, 2.45) is 0 Å². The molecule has 0 atom stereocenters. The maximum absolute atomic E-state index is 13.3. The van der Waals surface area contributed by atoms with Crippen LogP contribution in [0.3, 0.4) is 0 Å². The van der Waals surface area contributed by atoms with Gasteiger partial charge in [-0.15, -0.1) is 0 Å². The smallest absolute Gasteiger partial charge is 0.129 e. The molecule has 0 heterocycles. The van der Waals surface area contributed by atoms with Gasteiger partial charge < -0.3 is 0 Å². The Labute approximate surface area is 130 Å². The second-order valence-electron chi connectivity index (χ2n) is 4.96. The van der Waals surface area contributed by atoms with Gasteiger partial charge in [0.05, 0.1) is 0 Å². The van der Waals surface area contributed by atoms with Crippen LogP contribution in [0.1, 0.15) is 63.9 Å². The van der Waals surface area contributed by atoms with E-state index >= 15 is 0 Å². The Morgan fingerprint density at radius 1 is 0.842 bits per heavy atom. The second-order valence-corrected chi connectivity index (χ2v) is 4.96. The Balaban J connectivity index is 0.00000324. The molecule has 0 radical (unpaired) electrons. The second kappa shape index (κ2) is 11.6. The predicted octanol–water partition coefficient (Wildman–Crippen LogP) is 5.65. The van der Waals surface area contributed by atoms with E-state index in [1.807, 2.05) is 0 Å². The maximum atomic E-state index is 13.3. The van der Waals surface area contributed by atoms with E-state index in [1.54, 1.807) is 6.07 Å². The Morgan fingerprint density at radius 3 is 2.00 bits per heavy atom. The number of benzene rings is 1. The van der Waals surface area contributed by atoms with Crippen LogP contribution in [0.5, 0.6) is 0 Å². The maximum Gasteiger partial charge on any atom is 0.129 e. The molecule has 0 amide bonds. The van der Waals surface area contributed by atoms with Gasteiger partial charge in [-0.3, -0.25) is 0 Å². The van der Waals surface area contributed by atoms with Crippen molar-refractivity contribution in [1.82, 2.24) is 0 Å². The van der Waals surface area contributed by atoms with E-state index in [0.29, 0.717) is 5.56 Å². The Bertz CT molecular complexity index is 340. The van der Waals surface area contributed by atoms with Gasteiger partial charge in [-0.25, -0.2) is 8.78 Å². The first kappa shape index (κ1) is 18.8. The Kier molecular flexibility index (Phi) is 11.5. The van der Waals surface area contributed by atoms with Gasteiger partial charge in [-0.1, -0.05) is 57.9 Å². The summed E-state index contributed by atoms with van der Waals surface area (Å²) >= 11 is 0. The van der Waals surface area contributed by atoms with Gasteiger partial charge in [-0.2, -0.15) is 0 Å². The minimum Gasteiger partial charge on any atom is -0.207 e. The molecule has 0 aromatic heterocycles. The summed E-state index contributed by atoms with van der Waals surface area (Å²) in [6.45, 7) is 2.22. The van der Waals surface area contributed by atoms with Crippen LogP contribution in [0.15, 0.2) is 18.2 Å². The normalized spacial score (nSPS) is 10.3. The fraction of sp³-hybridized carbons (Fsp3) is 0.625. The van der Waals surface area contributed by atoms with E-state index in [4.69, 9.17) is 0 Å². The van der Waals surface area contributed by atoms with E-state index in [-0.39, 0.29) is 21.7 Å². The van der Waals surface area contributed by atoms with Crippen LogP contribution < -0.4 is 0 Å². The molecule has 0 saturated carbocycles. The number of hydrogen-bond acceptors (Lipinski definition) is 0. The Hall–Kier alpha value is -0.206. The van der Waals surface area contributed by atoms with Crippen molar-refractivity contribution in [1.29, 1.82) is 0 Å². The topological polar surface area (TPSA) is 0 Å². The predicted molar refractivity (Wildman–Crippen MR) is 72.7 cm³/mol. The first-order valence-corrected chi connectivity index (χ1v) is 7.18. The molecule has 0 bridgehead atoms. The number of unbranched alkanes of at least 4 members (excludes halogenated alkanes) is 7. The molecule has 0 fully saturated rings. The summed E-state index contributed by atoms with van der Waals surface area (Å²) in [7, 11) is 0. The summed E-state index contributed by atoms with van der Waals surface area (Å²) < 4.78 is 26.0. The molecule has 1 aromatic rings. The van der Waals surface area contributed by atoms with E-state index < -0.39 is 11.6 Å². The number of rotatable bonds is 9. The van der Waals surface area contributed by atoms with Gasteiger partial charge in [0, 0.05) is 27.8 Å². The van der Waals surface area contributed by atoms with Crippen molar-refractivity contribution in [3.8, 4) is 0 Å². The summed E-state index contributed by atoms with van der Waals surface area (Å²) in [5, 5.41) is 0. The van der Waals surface area contributed by atoms with Crippen molar-refractivity contribution >= 4 is 0 Å². The molecule has 19 heavy (non-hydrogen) atoms. The molecular formula is C16H24F2Ti. The van der Waals surface area contributed by atoms with Crippen molar-refractivity contribution < 1.29 is 30.5 Å². The monoisotopic (exact) mass is 302 g/mol. The van der Waals surface area contributed by atoms with E-state index in [1.165, 1.54) is 44.6 Å². The third-order valence-corrected chi connectivity index (χ3v) is 3.31. The molecule has 0 aliphatic heterocycles. The van der Waals surface area contributed by atoms with Gasteiger partial charge >= 0.3 is 0 Å². The first-order chi connectivity index (χ1) is 8.74. The zero-order chi connectivity index (χ0) is 13.2. The van der Waals surface area contributed by atoms with E-state index in [2.05, 4.69) is 6.92 Å². The van der Waals surface area contributed by atoms with Crippen LogP contribution in [0.2, 0.25) is 0 Å². The van der Waals surface area contributed by atoms with Crippen LogP contribution in [-0.4, -0.2) is 0 Å². The fourth-order valence-electron chi connectivity index (χ4n) is 2.17. The third-order valence-electron chi connectivity index (χ3n) is 3.31. The third kappa shape index (κ3) is 8.54. The van der Waals surface area contributed by atoms with Crippen molar-refractivity contribution in [3.63, 3.8) is 0 Å². The zero-order valence-electron chi connectivity index (χ0n) is 11.9. The van der Waals surface area contributed by atoms with E-state index in [0.717, 1.165) is 25.3 Å². The number of hydrogen-bond donors (Lipinski definition) is 0. The minimum absolute atomic E-state index is 0. The standard InChI is InChI=1S/C16H24F2.Ti/c1-2-3-4-5-6-7-8-9-10-14-11-12-15(17)13-16(14)18;/h11-13H,2-10H2,1H3;. The molecule has 0 unspecified atom stereocenters. The van der Waals surface area contributed by atoms with Crippen molar-refractivity contribution in [2.45, 2.75) is 64.7 Å². The molecule has 106 valence electrons. The average molecular weight is 302 g/mol. The fourth-order valence-corrected chi connectivity index (χ4v) is 2.17. The van der Waals surface area contributed by atoms with Crippen LogP contribution >= 0.6 is 0 Å². The van der Waals surface area contributed by atoms with Gasteiger partial charge in [0.2, 0.25) is 0 Å². The molecule has 0 saturated heterocycles. The summed E-state index contributed by atoms with van der Waals surface area (Å²) in [5.41, 5.74) is 0.641. The molecule has 0 aliphatic carbocycles. The van der Waals surface area contributed by atoms with Crippen LogP contribution in [0.25, 0.3) is 0 Å². The Morgan fingerprint density at radius 2 is 1.42 bits per heavy atom. The van der Waals surface area contributed by atoms with Crippen LogP contribution in [0.4, 0.5) is 8.78 Å². The van der Waals surface area contributed by atoms with Gasteiger partial charge in [-0.05, 0) is 24.5 Å². The minimum atomic E-state index is -0.493. The molecular weight excluding hydrogens is 278 g/mol. The molecule has 1 aromatic carbocycles.